The molecule has 0 amide bonds. The highest BCUT2D eigenvalue weighted by atomic mass is 16.5. The van der Waals surface area contributed by atoms with E-state index in [0.717, 1.165) is 6.42 Å². The smallest absolute Gasteiger partial charge is 0.0683 e. The van der Waals surface area contributed by atoms with Gasteiger partial charge in [-0.25, -0.2) is 0 Å². The summed E-state index contributed by atoms with van der Waals surface area (Å²) in [6, 6.07) is 0.0138. The third-order valence-corrected chi connectivity index (χ3v) is 2.58. The summed E-state index contributed by atoms with van der Waals surface area (Å²) in [5, 5.41) is 3.74. The Morgan fingerprint density at radius 2 is 2.17 bits per heavy atom. The summed E-state index contributed by atoms with van der Waals surface area (Å²) in [5.41, 5.74) is 8.32. The van der Waals surface area contributed by atoms with E-state index in [4.69, 9.17) is 10.3 Å². The van der Waals surface area contributed by atoms with E-state index >= 15 is 0 Å². The Kier molecular flexibility index (Phi) is 2.95. The van der Waals surface area contributed by atoms with Crippen molar-refractivity contribution >= 4 is 0 Å². The van der Waals surface area contributed by atoms with Crippen LogP contribution in [0.25, 0.3) is 10.4 Å². The summed E-state index contributed by atoms with van der Waals surface area (Å²) >= 11 is 0. The lowest BCUT2D eigenvalue weighted by molar-refractivity contribution is 0.0421. The molecule has 0 bridgehead atoms. The maximum absolute atomic E-state index is 8.32. The predicted octanol–water partition coefficient (Wildman–Crippen LogP) is 2.50. The van der Waals surface area contributed by atoms with Gasteiger partial charge in [0, 0.05) is 4.91 Å². The first-order valence-electron chi connectivity index (χ1n) is 4.40. The Balaban J connectivity index is 2.69. The summed E-state index contributed by atoms with van der Waals surface area (Å²) in [6.07, 6.45) is 1.32. The molecule has 68 valence electrons. The van der Waals surface area contributed by atoms with E-state index in [-0.39, 0.29) is 18.2 Å². The standard InChI is InChI=1S/C8H15N3O/c1-4-7-5(2)8(10-11-9)6(3)12-7/h5-8H,4H2,1-3H3/t5-,6?,7+,8?/m0/s1. The molecule has 1 fully saturated rings. The Morgan fingerprint density at radius 3 is 2.58 bits per heavy atom. The van der Waals surface area contributed by atoms with Crippen molar-refractivity contribution in [2.24, 2.45) is 11.0 Å². The monoisotopic (exact) mass is 169 g/mol. The summed E-state index contributed by atoms with van der Waals surface area (Å²) in [6.45, 7) is 6.13. The average molecular weight is 169 g/mol. The molecule has 4 heteroatoms. The molecule has 1 aliphatic rings. The Bertz CT molecular complexity index is 200. The van der Waals surface area contributed by atoms with Gasteiger partial charge in [0.15, 0.2) is 0 Å². The molecule has 0 radical (unpaired) electrons. The zero-order chi connectivity index (χ0) is 9.14. The number of hydrogen-bond acceptors (Lipinski definition) is 2. The minimum absolute atomic E-state index is 0.0138. The first-order valence-corrected chi connectivity index (χ1v) is 4.40. The van der Waals surface area contributed by atoms with Crippen molar-refractivity contribution in [1.29, 1.82) is 0 Å². The molecule has 0 aromatic rings. The van der Waals surface area contributed by atoms with Gasteiger partial charge >= 0.3 is 0 Å². The predicted molar refractivity (Wildman–Crippen MR) is 46.7 cm³/mol. The summed E-state index contributed by atoms with van der Waals surface area (Å²) in [5.74, 6) is 0.348. The van der Waals surface area contributed by atoms with Crippen LogP contribution in [-0.2, 0) is 4.74 Å². The van der Waals surface area contributed by atoms with Crippen LogP contribution in [0, 0.1) is 5.92 Å². The SMILES string of the molecule is CC[C@H]1OC(C)C(N=[N+]=[N-])[C@H]1C. The minimum atomic E-state index is 0.0138. The van der Waals surface area contributed by atoms with E-state index in [0.29, 0.717) is 5.92 Å². The topological polar surface area (TPSA) is 58.0 Å². The highest BCUT2D eigenvalue weighted by molar-refractivity contribution is 4.90. The lowest BCUT2D eigenvalue weighted by Gasteiger charge is -2.12. The molecule has 0 aromatic carbocycles. The van der Waals surface area contributed by atoms with Crippen LogP contribution >= 0.6 is 0 Å². The summed E-state index contributed by atoms with van der Waals surface area (Å²) in [7, 11) is 0. The molecule has 1 aliphatic heterocycles. The van der Waals surface area contributed by atoms with Crippen molar-refractivity contribution in [2.45, 2.75) is 45.4 Å². The van der Waals surface area contributed by atoms with Crippen LogP contribution in [-0.4, -0.2) is 18.2 Å². The second-order valence-corrected chi connectivity index (χ2v) is 3.34. The third kappa shape index (κ3) is 1.54. The molecule has 1 rings (SSSR count). The van der Waals surface area contributed by atoms with Crippen LogP contribution in [0.3, 0.4) is 0 Å². The van der Waals surface area contributed by atoms with Gasteiger partial charge in [0.1, 0.15) is 0 Å². The first-order chi connectivity index (χ1) is 5.70. The number of ether oxygens (including phenoxy) is 1. The highest BCUT2D eigenvalue weighted by Crippen LogP contribution is 2.30. The van der Waals surface area contributed by atoms with E-state index in [9.17, 15) is 0 Å². The fourth-order valence-corrected chi connectivity index (χ4v) is 1.85. The van der Waals surface area contributed by atoms with Gasteiger partial charge in [0.05, 0.1) is 18.2 Å². The Labute approximate surface area is 72.5 Å². The minimum Gasteiger partial charge on any atom is -0.375 e. The van der Waals surface area contributed by atoms with Gasteiger partial charge in [-0.15, -0.1) is 0 Å². The molecule has 1 heterocycles. The van der Waals surface area contributed by atoms with Crippen LogP contribution < -0.4 is 0 Å². The molecule has 0 N–H and O–H groups in total. The second-order valence-electron chi connectivity index (χ2n) is 3.34. The van der Waals surface area contributed by atoms with Gasteiger partial charge in [-0.3, -0.25) is 0 Å². The first kappa shape index (κ1) is 9.36. The lowest BCUT2D eigenvalue weighted by Crippen LogP contribution is -2.20. The zero-order valence-electron chi connectivity index (χ0n) is 7.77. The number of hydrogen-bond donors (Lipinski definition) is 0. The molecular weight excluding hydrogens is 154 g/mol. The van der Waals surface area contributed by atoms with Gasteiger partial charge in [-0.2, -0.15) is 0 Å². The average Bonchev–Trinajstić information content (AvgIpc) is 2.32. The van der Waals surface area contributed by atoms with Gasteiger partial charge in [-0.1, -0.05) is 19.0 Å². The number of azide groups is 1. The van der Waals surface area contributed by atoms with Crippen LogP contribution in [0.2, 0.25) is 0 Å². The normalized spacial score (nSPS) is 40.9. The largest absolute Gasteiger partial charge is 0.375 e. The van der Waals surface area contributed by atoms with Crippen LogP contribution in [0.1, 0.15) is 27.2 Å². The van der Waals surface area contributed by atoms with Crippen molar-refractivity contribution in [1.82, 2.24) is 0 Å². The maximum Gasteiger partial charge on any atom is 0.0683 e. The van der Waals surface area contributed by atoms with Crippen molar-refractivity contribution in [3.05, 3.63) is 10.4 Å². The van der Waals surface area contributed by atoms with Crippen molar-refractivity contribution in [2.75, 3.05) is 0 Å². The van der Waals surface area contributed by atoms with E-state index < -0.39 is 0 Å². The molecule has 2 unspecified atom stereocenters. The summed E-state index contributed by atoms with van der Waals surface area (Å²) in [4.78, 5) is 2.83. The zero-order valence-corrected chi connectivity index (χ0v) is 7.77. The molecule has 4 nitrogen and oxygen atoms in total. The van der Waals surface area contributed by atoms with Gasteiger partial charge in [0.25, 0.3) is 0 Å². The maximum atomic E-state index is 8.32. The second kappa shape index (κ2) is 3.78. The van der Waals surface area contributed by atoms with E-state index in [1.807, 2.05) is 6.92 Å². The quantitative estimate of drug-likeness (QED) is 0.356. The van der Waals surface area contributed by atoms with Crippen LogP contribution in [0.4, 0.5) is 0 Å². The molecule has 12 heavy (non-hydrogen) atoms. The Morgan fingerprint density at radius 1 is 1.50 bits per heavy atom. The number of rotatable bonds is 2. The molecule has 0 saturated carbocycles. The van der Waals surface area contributed by atoms with Gasteiger partial charge in [0.2, 0.25) is 0 Å². The van der Waals surface area contributed by atoms with Crippen LogP contribution in [0.15, 0.2) is 5.11 Å². The molecular formula is C8H15N3O. The fourth-order valence-electron chi connectivity index (χ4n) is 1.85. The number of nitrogens with zero attached hydrogens (tertiary/aromatic N) is 3. The van der Waals surface area contributed by atoms with Crippen molar-refractivity contribution in [3.8, 4) is 0 Å². The lowest BCUT2D eigenvalue weighted by atomic mass is 9.96. The van der Waals surface area contributed by atoms with E-state index in [1.54, 1.807) is 0 Å². The van der Waals surface area contributed by atoms with E-state index in [2.05, 4.69) is 23.9 Å². The molecule has 1 saturated heterocycles. The third-order valence-electron chi connectivity index (χ3n) is 2.58. The van der Waals surface area contributed by atoms with Crippen molar-refractivity contribution in [3.63, 3.8) is 0 Å². The van der Waals surface area contributed by atoms with Crippen molar-refractivity contribution < 1.29 is 4.74 Å². The molecule has 0 aliphatic carbocycles. The van der Waals surface area contributed by atoms with E-state index in [1.165, 1.54) is 0 Å². The van der Waals surface area contributed by atoms with Crippen LogP contribution in [0.5, 0.6) is 0 Å². The molecule has 4 atom stereocenters. The summed E-state index contributed by atoms with van der Waals surface area (Å²) < 4.78 is 5.62. The van der Waals surface area contributed by atoms with Gasteiger partial charge in [-0.05, 0) is 24.8 Å². The van der Waals surface area contributed by atoms with Gasteiger partial charge < -0.3 is 4.74 Å². The Hall–Kier alpha value is -0.730. The molecule has 0 spiro atoms. The highest BCUT2D eigenvalue weighted by Gasteiger charge is 2.37. The fraction of sp³-hybridized carbons (Fsp3) is 1.00. The molecule has 0 aromatic heterocycles.